The average molecular weight is 378 g/mol. The summed E-state index contributed by atoms with van der Waals surface area (Å²) in [6, 6.07) is 21.5. The number of nitrogens with one attached hydrogen (secondary N) is 1. The quantitative estimate of drug-likeness (QED) is 0.595. The highest BCUT2D eigenvalue weighted by molar-refractivity contribution is 5.29. The van der Waals surface area contributed by atoms with Crippen LogP contribution in [0.4, 0.5) is 0 Å². The first-order valence-electron chi connectivity index (χ1n) is 10.2. The third-order valence-corrected chi connectivity index (χ3v) is 5.24. The normalized spacial score (nSPS) is 12.3. The molecule has 1 aromatic heterocycles. The molecule has 0 radical (unpaired) electrons. The first-order valence-corrected chi connectivity index (χ1v) is 10.2. The first kappa shape index (κ1) is 20.2. The molecule has 3 nitrogen and oxygen atoms in total. The number of hydrogen-bond donors (Lipinski definition) is 1. The topological polar surface area (TPSA) is 18.6 Å². The molecule has 3 heteroatoms. The molecule has 3 aromatic rings. The Kier molecular flexibility index (Phi) is 6.94. The number of aromatic nitrogens is 1. The summed E-state index contributed by atoms with van der Waals surface area (Å²) in [6.07, 6.45) is 2.19. The Labute approximate surface area is 169 Å². The van der Waals surface area contributed by atoms with Gasteiger partial charge in [-0.05, 0) is 42.3 Å². The van der Waals surface area contributed by atoms with E-state index in [1.165, 1.54) is 28.9 Å². The van der Waals surface area contributed by atoms with Gasteiger partial charge in [0.2, 0.25) is 0 Å². The van der Waals surface area contributed by atoms with Crippen molar-refractivity contribution in [3.05, 3.63) is 89.2 Å². The number of ether oxygens (including phenoxy) is 1. The number of rotatable bonds is 9. The van der Waals surface area contributed by atoms with Crippen molar-refractivity contribution in [2.24, 2.45) is 5.92 Å². The smallest absolute Gasteiger partial charge is 0.119 e. The molecule has 1 heterocycles. The van der Waals surface area contributed by atoms with Crippen molar-refractivity contribution in [2.75, 3.05) is 13.7 Å². The van der Waals surface area contributed by atoms with Crippen molar-refractivity contribution in [3.63, 3.8) is 0 Å². The Morgan fingerprint density at radius 2 is 1.79 bits per heavy atom. The summed E-state index contributed by atoms with van der Waals surface area (Å²) < 4.78 is 7.74. The number of aryl methyl sites for hydroxylation is 1. The van der Waals surface area contributed by atoms with Gasteiger partial charge >= 0.3 is 0 Å². The summed E-state index contributed by atoms with van der Waals surface area (Å²) in [6.45, 7) is 11.0. The Hall–Kier alpha value is -2.52. The van der Waals surface area contributed by atoms with Crippen LogP contribution in [0.2, 0.25) is 0 Å². The second-order valence-electron chi connectivity index (χ2n) is 8.11. The third-order valence-electron chi connectivity index (χ3n) is 5.24. The minimum absolute atomic E-state index is 0.667. The molecule has 0 fully saturated rings. The van der Waals surface area contributed by atoms with Crippen LogP contribution in [0.1, 0.15) is 36.2 Å². The molecule has 0 bridgehead atoms. The zero-order valence-electron chi connectivity index (χ0n) is 17.6. The molecule has 28 heavy (non-hydrogen) atoms. The molecule has 2 aromatic carbocycles. The van der Waals surface area contributed by atoms with Crippen LogP contribution < -0.4 is 9.64 Å². The number of methoxy groups -OCH3 is 1. The van der Waals surface area contributed by atoms with E-state index in [-0.39, 0.29) is 0 Å². The van der Waals surface area contributed by atoms with Gasteiger partial charge in [-0.2, -0.15) is 0 Å². The molecular weight excluding hydrogens is 344 g/mol. The molecular formula is C25H33N2O+. The molecule has 0 saturated carbocycles. The molecule has 0 spiro atoms. The van der Waals surface area contributed by atoms with Gasteiger partial charge in [0, 0.05) is 24.2 Å². The van der Waals surface area contributed by atoms with Crippen LogP contribution in [0.3, 0.4) is 0 Å². The molecule has 0 aliphatic carbocycles. The van der Waals surface area contributed by atoms with Crippen molar-refractivity contribution in [1.82, 2.24) is 4.57 Å². The standard InChI is InChI=1S/C25H32N2O/c1-20(2)16-26(18-23-11-6-5-9-21(23)3)19-24-12-8-14-27(24)17-22-10-7-13-25(15-22)28-4/h5-15,20H,16-19H2,1-4H3/p+1. The highest BCUT2D eigenvalue weighted by Gasteiger charge is 2.16. The number of nitrogens with zero attached hydrogens (tertiary/aromatic N) is 1. The number of hydrogen-bond acceptors (Lipinski definition) is 1. The van der Waals surface area contributed by atoms with Gasteiger partial charge in [-0.25, -0.2) is 0 Å². The van der Waals surface area contributed by atoms with Gasteiger partial charge in [0.25, 0.3) is 0 Å². The van der Waals surface area contributed by atoms with Gasteiger partial charge < -0.3 is 14.2 Å². The fourth-order valence-electron chi connectivity index (χ4n) is 3.85. The van der Waals surface area contributed by atoms with Crippen molar-refractivity contribution >= 4 is 0 Å². The number of quaternary nitrogens is 1. The fourth-order valence-corrected chi connectivity index (χ4v) is 3.85. The summed E-state index contributed by atoms with van der Waals surface area (Å²) in [5.41, 5.74) is 5.48. The zero-order chi connectivity index (χ0) is 19.9. The Morgan fingerprint density at radius 3 is 2.54 bits per heavy atom. The minimum Gasteiger partial charge on any atom is -0.497 e. The Morgan fingerprint density at radius 1 is 0.964 bits per heavy atom. The van der Waals surface area contributed by atoms with Crippen LogP contribution in [-0.2, 0) is 19.6 Å². The fraction of sp³-hybridized carbons (Fsp3) is 0.360. The minimum atomic E-state index is 0.667. The molecule has 3 rings (SSSR count). The van der Waals surface area contributed by atoms with Crippen LogP contribution in [0.15, 0.2) is 66.9 Å². The first-order chi connectivity index (χ1) is 13.5. The van der Waals surface area contributed by atoms with Crippen LogP contribution in [0.25, 0.3) is 0 Å². The van der Waals surface area contributed by atoms with Gasteiger partial charge in [0.15, 0.2) is 0 Å². The molecule has 148 valence electrons. The van der Waals surface area contributed by atoms with Crippen molar-refractivity contribution in [1.29, 1.82) is 0 Å². The monoisotopic (exact) mass is 377 g/mol. The summed E-state index contributed by atoms with van der Waals surface area (Å²) in [4.78, 5) is 1.61. The van der Waals surface area contributed by atoms with Crippen molar-refractivity contribution < 1.29 is 9.64 Å². The maximum absolute atomic E-state index is 5.38. The second kappa shape index (κ2) is 9.61. The van der Waals surface area contributed by atoms with Crippen molar-refractivity contribution in [2.45, 2.75) is 40.4 Å². The molecule has 0 amide bonds. The van der Waals surface area contributed by atoms with E-state index < -0.39 is 0 Å². The van der Waals surface area contributed by atoms with Crippen LogP contribution in [0.5, 0.6) is 5.75 Å². The van der Waals surface area contributed by atoms with E-state index in [0.29, 0.717) is 5.92 Å². The zero-order valence-corrected chi connectivity index (χ0v) is 17.6. The summed E-state index contributed by atoms with van der Waals surface area (Å²) in [5.74, 6) is 1.58. The van der Waals surface area contributed by atoms with Crippen LogP contribution in [0, 0.1) is 12.8 Å². The van der Waals surface area contributed by atoms with Crippen LogP contribution >= 0.6 is 0 Å². The molecule has 0 aliphatic heterocycles. The summed E-state index contributed by atoms with van der Waals surface area (Å²) in [7, 11) is 1.72. The lowest BCUT2D eigenvalue weighted by Gasteiger charge is -2.23. The molecule has 0 saturated heterocycles. The van der Waals surface area contributed by atoms with E-state index in [2.05, 4.69) is 86.1 Å². The molecule has 0 aliphatic rings. The highest BCUT2D eigenvalue weighted by Crippen LogP contribution is 2.15. The van der Waals surface area contributed by atoms with E-state index in [9.17, 15) is 0 Å². The van der Waals surface area contributed by atoms with Gasteiger partial charge in [0.05, 0.1) is 19.3 Å². The molecule has 1 unspecified atom stereocenters. The lowest BCUT2D eigenvalue weighted by Crippen LogP contribution is -3.10. The van der Waals surface area contributed by atoms with E-state index >= 15 is 0 Å². The van der Waals surface area contributed by atoms with Crippen LogP contribution in [-0.4, -0.2) is 18.2 Å². The van der Waals surface area contributed by atoms with E-state index in [1.807, 2.05) is 6.07 Å². The lowest BCUT2D eigenvalue weighted by molar-refractivity contribution is -0.930. The maximum atomic E-state index is 5.38. The van der Waals surface area contributed by atoms with Gasteiger partial charge in [0.1, 0.15) is 18.8 Å². The summed E-state index contributed by atoms with van der Waals surface area (Å²) in [5, 5.41) is 0. The van der Waals surface area contributed by atoms with E-state index in [1.54, 1.807) is 12.0 Å². The average Bonchev–Trinajstić information content (AvgIpc) is 3.10. The van der Waals surface area contributed by atoms with Gasteiger partial charge in [-0.3, -0.25) is 0 Å². The second-order valence-corrected chi connectivity index (χ2v) is 8.11. The van der Waals surface area contributed by atoms with E-state index in [4.69, 9.17) is 4.74 Å². The van der Waals surface area contributed by atoms with E-state index in [0.717, 1.165) is 25.4 Å². The largest absolute Gasteiger partial charge is 0.497 e. The molecule has 1 atom stereocenters. The Balaban J connectivity index is 1.76. The molecule has 1 N–H and O–H groups in total. The van der Waals surface area contributed by atoms with Gasteiger partial charge in [-0.15, -0.1) is 0 Å². The lowest BCUT2D eigenvalue weighted by atomic mass is 10.1. The predicted octanol–water partition coefficient (Wildman–Crippen LogP) is 4.09. The number of benzene rings is 2. The summed E-state index contributed by atoms with van der Waals surface area (Å²) >= 11 is 0. The Bertz CT molecular complexity index is 882. The highest BCUT2D eigenvalue weighted by atomic mass is 16.5. The predicted molar refractivity (Wildman–Crippen MR) is 116 cm³/mol. The third kappa shape index (κ3) is 5.49. The SMILES string of the molecule is COc1cccc(Cn2cccc2C[NH+](Cc2ccccc2C)CC(C)C)c1. The van der Waals surface area contributed by atoms with Crippen molar-refractivity contribution in [3.8, 4) is 5.75 Å². The maximum Gasteiger partial charge on any atom is 0.119 e. The van der Waals surface area contributed by atoms with Gasteiger partial charge in [-0.1, -0.05) is 50.2 Å².